The van der Waals surface area contributed by atoms with Crippen molar-refractivity contribution in [1.29, 1.82) is 0 Å². The Hall–Kier alpha value is -2.10. The highest BCUT2D eigenvalue weighted by Gasteiger charge is 2.01. The van der Waals surface area contributed by atoms with E-state index < -0.39 is 0 Å². The smallest absolute Gasteiger partial charge is 0.251 e. The van der Waals surface area contributed by atoms with Crippen molar-refractivity contribution in [2.45, 2.75) is 26.7 Å². The normalized spacial score (nSPS) is 10.9. The first kappa shape index (κ1) is 17.0. The van der Waals surface area contributed by atoms with E-state index in [1.165, 1.54) is 6.08 Å². The van der Waals surface area contributed by atoms with Crippen LogP contribution in [0.2, 0.25) is 0 Å². The van der Waals surface area contributed by atoms with Crippen molar-refractivity contribution in [2.24, 2.45) is 5.92 Å². The monoisotopic (exact) mass is 288 g/mol. The molecule has 1 rings (SSSR count). The van der Waals surface area contributed by atoms with Crippen LogP contribution in [0.5, 0.6) is 0 Å². The standard InChI is InChI=1S/C17H24N2O2/c1-13(2)5-4-12-19-16(20)11-8-14-6-9-15(10-7-14)17(21)18-3/h6-11,13H,4-5,12H2,1-3H3,(H,18,21)(H,19,20)/b11-8+. The highest BCUT2D eigenvalue weighted by molar-refractivity contribution is 5.94. The van der Waals surface area contributed by atoms with Gasteiger partial charge in [-0.15, -0.1) is 0 Å². The Morgan fingerprint density at radius 2 is 1.86 bits per heavy atom. The molecule has 4 heteroatoms. The lowest BCUT2D eigenvalue weighted by Gasteiger charge is -2.04. The van der Waals surface area contributed by atoms with Crippen LogP contribution in [-0.4, -0.2) is 25.4 Å². The van der Waals surface area contributed by atoms with Gasteiger partial charge in [0.05, 0.1) is 0 Å². The quantitative estimate of drug-likeness (QED) is 0.598. The van der Waals surface area contributed by atoms with E-state index in [2.05, 4.69) is 24.5 Å². The second kappa shape index (κ2) is 8.95. The third kappa shape index (κ3) is 6.75. The average molecular weight is 288 g/mol. The zero-order valence-corrected chi connectivity index (χ0v) is 13.0. The van der Waals surface area contributed by atoms with Crippen molar-refractivity contribution in [1.82, 2.24) is 10.6 Å². The number of hydrogen-bond acceptors (Lipinski definition) is 2. The molecule has 0 aliphatic heterocycles. The summed E-state index contributed by atoms with van der Waals surface area (Å²) in [4.78, 5) is 23.0. The van der Waals surface area contributed by atoms with Gasteiger partial charge in [0, 0.05) is 25.2 Å². The zero-order chi connectivity index (χ0) is 15.7. The molecule has 2 amide bonds. The van der Waals surface area contributed by atoms with Gasteiger partial charge < -0.3 is 10.6 Å². The minimum absolute atomic E-state index is 0.0888. The number of benzene rings is 1. The minimum Gasteiger partial charge on any atom is -0.355 e. The fourth-order valence-electron chi connectivity index (χ4n) is 1.84. The summed E-state index contributed by atoms with van der Waals surface area (Å²) in [7, 11) is 1.60. The summed E-state index contributed by atoms with van der Waals surface area (Å²) in [6, 6.07) is 7.10. The molecule has 0 saturated carbocycles. The van der Waals surface area contributed by atoms with Crippen LogP contribution in [0.3, 0.4) is 0 Å². The van der Waals surface area contributed by atoms with E-state index >= 15 is 0 Å². The van der Waals surface area contributed by atoms with Gasteiger partial charge in [-0.25, -0.2) is 0 Å². The summed E-state index contributed by atoms with van der Waals surface area (Å²) in [5.41, 5.74) is 1.49. The molecule has 0 aromatic heterocycles. The number of carbonyl (C=O) groups excluding carboxylic acids is 2. The van der Waals surface area contributed by atoms with E-state index in [1.54, 1.807) is 25.3 Å². The molecule has 4 nitrogen and oxygen atoms in total. The molecule has 114 valence electrons. The second-order valence-electron chi connectivity index (χ2n) is 5.36. The van der Waals surface area contributed by atoms with E-state index in [9.17, 15) is 9.59 Å². The maximum absolute atomic E-state index is 11.6. The van der Waals surface area contributed by atoms with E-state index in [0.29, 0.717) is 18.0 Å². The summed E-state index contributed by atoms with van der Waals surface area (Å²) in [6.45, 7) is 5.05. The molecule has 1 aromatic rings. The maximum atomic E-state index is 11.6. The number of rotatable bonds is 7. The van der Waals surface area contributed by atoms with Gasteiger partial charge in [0.15, 0.2) is 0 Å². The molecule has 0 unspecified atom stereocenters. The third-order valence-electron chi connectivity index (χ3n) is 3.08. The van der Waals surface area contributed by atoms with Gasteiger partial charge in [-0.05, 0) is 42.5 Å². The summed E-state index contributed by atoms with van der Waals surface area (Å²) in [5, 5.41) is 5.42. The highest BCUT2D eigenvalue weighted by Crippen LogP contribution is 2.06. The summed E-state index contributed by atoms with van der Waals surface area (Å²) < 4.78 is 0. The van der Waals surface area contributed by atoms with Crippen LogP contribution in [0, 0.1) is 5.92 Å². The number of amides is 2. The van der Waals surface area contributed by atoms with E-state index in [4.69, 9.17) is 0 Å². The lowest BCUT2D eigenvalue weighted by atomic mass is 10.1. The molecular formula is C17H24N2O2. The number of nitrogens with one attached hydrogen (secondary N) is 2. The Morgan fingerprint density at radius 3 is 2.43 bits per heavy atom. The second-order valence-corrected chi connectivity index (χ2v) is 5.36. The van der Waals surface area contributed by atoms with E-state index in [1.807, 2.05) is 12.1 Å². The molecule has 0 bridgehead atoms. The summed E-state index contributed by atoms with van der Waals surface area (Å²) in [6.07, 6.45) is 5.37. The molecule has 0 radical (unpaired) electrons. The lowest BCUT2D eigenvalue weighted by molar-refractivity contribution is -0.116. The maximum Gasteiger partial charge on any atom is 0.251 e. The van der Waals surface area contributed by atoms with Crippen LogP contribution in [0.15, 0.2) is 30.3 Å². The molecule has 21 heavy (non-hydrogen) atoms. The first-order valence-corrected chi connectivity index (χ1v) is 7.31. The largest absolute Gasteiger partial charge is 0.355 e. The van der Waals surface area contributed by atoms with Crippen LogP contribution in [0.4, 0.5) is 0 Å². The Morgan fingerprint density at radius 1 is 1.19 bits per heavy atom. The highest BCUT2D eigenvalue weighted by atomic mass is 16.2. The molecule has 0 aliphatic rings. The Labute approximate surface area is 126 Å². The van der Waals surface area contributed by atoms with Crippen LogP contribution in [0.1, 0.15) is 42.6 Å². The van der Waals surface area contributed by atoms with Gasteiger partial charge in [0.25, 0.3) is 5.91 Å². The Balaban J connectivity index is 2.41. The summed E-state index contributed by atoms with van der Waals surface area (Å²) in [5.74, 6) is 0.457. The topological polar surface area (TPSA) is 58.2 Å². The minimum atomic E-state index is -0.117. The SMILES string of the molecule is CNC(=O)c1ccc(/C=C/C(=O)NCCCC(C)C)cc1. The molecule has 0 fully saturated rings. The van der Waals surface area contributed by atoms with Gasteiger partial charge in [-0.2, -0.15) is 0 Å². The van der Waals surface area contributed by atoms with Crippen molar-refractivity contribution in [3.8, 4) is 0 Å². The molecule has 0 saturated heterocycles. The van der Waals surface area contributed by atoms with Crippen molar-refractivity contribution in [3.63, 3.8) is 0 Å². The third-order valence-corrected chi connectivity index (χ3v) is 3.08. The van der Waals surface area contributed by atoms with Crippen LogP contribution in [-0.2, 0) is 4.79 Å². The average Bonchev–Trinajstić information content (AvgIpc) is 2.49. The summed E-state index contributed by atoms with van der Waals surface area (Å²) >= 11 is 0. The van der Waals surface area contributed by atoms with Crippen molar-refractivity contribution in [2.75, 3.05) is 13.6 Å². The van der Waals surface area contributed by atoms with Crippen molar-refractivity contribution >= 4 is 17.9 Å². The first-order valence-electron chi connectivity index (χ1n) is 7.31. The fourth-order valence-corrected chi connectivity index (χ4v) is 1.84. The van der Waals surface area contributed by atoms with Crippen LogP contribution >= 0.6 is 0 Å². The van der Waals surface area contributed by atoms with Crippen molar-refractivity contribution in [3.05, 3.63) is 41.5 Å². The zero-order valence-electron chi connectivity index (χ0n) is 13.0. The van der Waals surface area contributed by atoms with Crippen LogP contribution in [0.25, 0.3) is 6.08 Å². The molecule has 2 N–H and O–H groups in total. The number of carbonyl (C=O) groups is 2. The van der Waals surface area contributed by atoms with Gasteiger partial charge in [-0.3, -0.25) is 9.59 Å². The fraction of sp³-hybridized carbons (Fsp3) is 0.412. The lowest BCUT2D eigenvalue weighted by Crippen LogP contribution is -2.22. The van der Waals surface area contributed by atoms with Gasteiger partial charge in [-0.1, -0.05) is 26.0 Å². The molecule has 1 aromatic carbocycles. The predicted molar refractivity (Wildman–Crippen MR) is 85.9 cm³/mol. The van der Waals surface area contributed by atoms with E-state index in [0.717, 1.165) is 18.4 Å². The van der Waals surface area contributed by atoms with Gasteiger partial charge in [0.1, 0.15) is 0 Å². The molecule has 0 aliphatic carbocycles. The van der Waals surface area contributed by atoms with Gasteiger partial charge in [0.2, 0.25) is 5.91 Å². The predicted octanol–water partition coefficient (Wildman–Crippen LogP) is 2.61. The molecule has 0 atom stereocenters. The Bertz CT molecular complexity index is 490. The van der Waals surface area contributed by atoms with Gasteiger partial charge >= 0.3 is 0 Å². The van der Waals surface area contributed by atoms with E-state index in [-0.39, 0.29) is 11.8 Å². The number of hydrogen-bond donors (Lipinski definition) is 2. The molecular weight excluding hydrogens is 264 g/mol. The van der Waals surface area contributed by atoms with Crippen molar-refractivity contribution < 1.29 is 9.59 Å². The first-order chi connectivity index (χ1) is 10.0. The molecule has 0 spiro atoms. The van der Waals surface area contributed by atoms with Crippen LogP contribution < -0.4 is 10.6 Å². The Kier molecular flexibility index (Phi) is 7.23. The molecule has 0 heterocycles.